The summed E-state index contributed by atoms with van der Waals surface area (Å²) in [7, 11) is 1.86. The van der Waals surface area contributed by atoms with Crippen molar-refractivity contribution in [3.05, 3.63) is 17.5 Å². The summed E-state index contributed by atoms with van der Waals surface area (Å²) in [4.78, 5) is 14.5. The highest BCUT2D eigenvalue weighted by Gasteiger charge is 2.22. The van der Waals surface area contributed by atoms with Crippen LogP contribution in [0.5, 0.6) is 0 Å². The summed E-state index contributed by atoms with van der Waals surface area (Å²) in [5.74, 6) is 0.0934. The lowest BCUT2D eigenvalue weighted by Gasteiger charge is -2.26. The van der Waals surface area contributed by atoms with Crippen molar-refractivity contribution in [1.29, 1.82) is 0 Å². The molecule has 0 radical (unpaired) electrons. The van der Waals surface area contributed by atoms with E-state index in [9.17, 15) is 4.79 Å². The first kappa shape index (κ1) is 15.2. The van der Waals surface area contributed by atoms with Gasteiger partial charge in [0, 0.05) is 31.2 Å². The fourth-order valence-corrected chi connectivity index (χ4v) is 2.20. The number of hydrogen-bond donors (Lipinski definition) is 0. The Balaban J connectivity index is 2.94. The Morgan fingerprint density at radius 3 is 2.72 bits per heavy atom. The van der Waals surface area contributed by atoms with Gasteiger partial charge in [0.1, 0.15) is 0 Å². The molecule has 1 aromatic heterocycles. The summed E-state index contributed by atoms with van der Waals surface area (Å²) in [5.41, 5.74) is 1.62. The average Bonchev–Trinajstić information content (AvgIpc) is 2.70. The quantitative estimate of drug-likeness (QED) is 0.757. The lowest BCUT2D eigenvalue weighted by Crippen LogP contribution is -2.38. The lowest BCUT2D eigenvalue weighted by atomic mass is 10.1. The van der Waals surface area contributed by atoms with Crippen molar-refractivity contribution in [3.8, 4) is 0 Å². The molecule has 0 aliphatic rings. The van der Waals surface area contributed by atoms with E-state index in [4.69, 9.17) is 0 Å². The van der Waals surface area contributed by atoms with Crippen molar-refractivity contribution in [1.82, 2.24) is 14.7 Å². The van der Waals surface area contributed by atoms with Crippen LogP contribution in [0.2, 0.25) is 0 Å². The first-order valence-corrected chi connectivity index (χ1v) is 7.52. The molecule has 4 nitrogen and oxygen atoms in total. The molecule has 0 N–H and O–H groups in total. The summed E-state index contributed by atoms with van der Waals surface area (Å²) < 4.78 is 1.72. The number of halogens is 1. The predicted octanol–water partition coefficient (Wildman–Crippen LogP) is 2.62. The Bertz CT molecular complexity index is 401. The van der Waals surface area contributed by atoms with Gasteiger partial charge < -0.3 is 4.90 Å². The molecule has 1 amide bonds. The van der Waals surface area contributed by atoms with E-state index in [0.717, 1.165) is 36.0 Å². The zero-order valence-corrected chi connectivity index (χ0v) is 13.2. The Labute approximate surface area is 117 Å². The van der Waals surface area contributed by atoms with Crippen LogP contribution in [-0.2, 0) is 13.5 Å². The second kappa shape index (κ2) is 6.92. The van der Waals surface area contributed by atoms with Crippen molar-refractivity contribution in [2.45, 2.75) is 39.7 Å². The Morgan fingerprint density at radius 2 is 2.22 bits per heavy atom. The largest absolute Gasteiger partial charge is 0.336 e. The molecule has 5 heteroatoms. The van der Waals surface area contributed by atoms with Crippen LogP contribution in [0.3, 0.4) is 0 Å². The number of aryl methyl sites for hydroxylation is 2. The molecule has 0 saturated heterocycles. The van der Waals surface area contributed by atoms with Gasteiger partial charge in [0.25, 0.3) is 5.91 Å². The van der Waals surface area contributed by atoms with E-state index in [-0.39, 0.29) is 11.9 Å². The molecule has 0 atom stereocenters. The third-order valence-electron chi connectivity index (χ3n) is 2.89. The van der Waals surface area contributed by atoms with Crippen molar-refractivity contribution in [2.24, 2.45) is 7.05 Å². The van der Waals surface area contributed by atoms with Gasteiger partial charge in [-0.05, 0) is 26.7 Å². The fraction of sp³-hybridized carbons (Fsp3) is 0.692. The van der Waals surface area contributed by atoms with Gasteiger partial charge in [-0.1, -0.05) is 22.9 Å². The molecule has 18 heavy (non-hydrogen) atoms. The topological polar surface area (TPSA) is 38.1 Å². The van der Waals surface area contributed by atoms with Crippen LogP contribution in [0, 0.1) is 0 Å². The molecule has 0 aliphatic heterocycles. The number of carbonyl (C=O) groups is 1. The Morgan fingerprint density at radius 1 is 1.56 bits per heavy atom. The molecule has 1 rings (SSSR count). The number of carbonyl (C=O) groups excluding carboxylic acids is 1. The van der Waals surface area contributed by atoms with Crippen LogP contribution in [0.4, 0.5) is 0 Å². The second-order valence-corrected chi connectivity index (χ2v) is 5.44. The molecule has 0 bridgehead atoms. The first-order chi connectivity index (χ1) is 8.51. The normalized spacial score (nSPS) is 11.0. The molecule has 1 heterocycles. The Kier molecular flexibility index (Phi) is 5.85. The summed E-state index contributed by atoms with van der Waals surface area (Å²) in [5, 5.41) is 5.25. The molecule has 0 aromatic carbocycles. The maximum absolute atomic E-state index is 12.5. The van der Waals surface area contributed by atoms with Crippen LogP contribution in [-0.4, -0.2) is 38.5 Å². The number of rotatable bonds is 6. The van der Waals surface area contributed by atoms with E-state index in [1.165, 1.54) is 0 Å². The summed E-state index contributed by atoms with van der Waals surface area (Å²) in [6, 6.07) is 0.210. The van der Waals surface area contributed by atoms with Crippen molar-refractivity contribution >= 4 is 21.8 Å². The highest BCUT2D eigenvalue weighted by molar-refractivity contribution is 9.09. The predicted molar refractivity (Wildman–Crippen MR) is 77.2 cm³/mol. The number of nitrogens with zero attached hydrogens (tertiary/aromatic N) is 3. The van der Waals surface area contributed by atoms with Crippen molar-refractivity contribution < 1.29 is 4.79 Å². The zero-order valence-electron chi connectivity index (χ0n) is 11.6. The smallest absolute Gasteiger partial charge is 0.257 e. The van der Waals surface area contributed by atoms with Crippen molar-refractivity contribution in [2.75, 3.05) is 11.9 Å². The highest BCUT2D eigenvalue weighted by atomic mass is 79.9. The second-order valence-electron chi connectivity index (χ2n) is 4.65. The van der Waals surface area contributed by atoms with Crippen LogP contribution in [0.15, 0.2) is 6.20 Å². The van der Waals surface area contributed by atoms with Crippen LogP contribution >= 0.6 is 15.9 Å². The monoisotopic (exact) mass is 315 g/mol. The number of amides is 1. The number of alkyl halides is 1. The summed E-state index contributed by atoms with van der Waals surface area (Å²) in [6.45, 7) is 6.90. The highest BCUT2D eigenvalue weighted by Crippen LogP contribution is 2.13. The SMILES string of the molecule is CCc1nn(C)cc1C(=O)N(CCCBr)C(C)C. The van der Waals surface area contributed by atoms with E-state index in [0.29, 0.717) is 0 Å². The van der Waals surface area contributed by atoms with Crippen molar-refractivity contribution in [3.63, 3.8) is 0 Å². The van der Waals surface area contributed by atoms with Crippen LogP contribution in [0.1, 0.15) is 43.2 Å². The van der Waals surface area contributed by atoms with Crippen LogP contribution < -0.4 is 0 Å². The summed E-state index contributed by atoms with van der Waals surface area (Å²) >= 11 is 3.41. The summed E-state index contributed by atoms with van der Waals surface area (Å²) in [6.07, 6.45) is 3.57. The van der Waals surface area contributed by atoms with Crippen LogP contribution in [0.25, 0.3) is 0 Å². The lowest BCUT2D eigenvalue weighted by molar-refractivity contribution is 0.0705. The maximum Gasteiger partial charge on any atom is 0.257 e. The van der Waals surface area contributed by atoms with Gasteiger partial charge in [0.15, 0.2) is 0 Å². The molecule has 1 aromatic rings. The third-order valence-corrected chi connectivity index (χ3v) is 3.45. The van der Waals surface area contributed by atoms with E-state index < -0.39 is 0 Å². The third kappa shape index (κ3) is 3.57. The molecule has 0 saturated carbocycles. The van der Waals surface area contributed by atoms with Gasteiger partial charge in [0.05, 0.1) is 11.3 Å². The number of hydrogen-bond acceptors (Lipinski definition) is 2. The van der Waals surface area contributed by atoms with E-state index in [1.54, 1.807) is 4.68 Å². The van der Waals surface area contributed by atoms with Gasteiger partial charge in [0.2, 0.25) is 0 Å². The molecule has 0 fully saturated rings. The van der Waals surface area contributed by atoms with E-state index >= 15 is 0 Å². The Hall–Kier alpha value is -0.840. The average molecular weight is 316 g/mol. The minimum atomic E-state index is 0.0934. The van der Waals surface area contributed by atoms with Gasteiger partial charge in [-0.15, -0.1) is 0 Å². The van der Waals surface area contributed by atoms with Gasteiger partial charge in [-0.2, -0.15) is 5.10 Å². The molecule has 0 aliphatic carbocycles. The first-order valence-electron chi connectivity index (χ1n) is 6.40. The van der Waals surface area contributed by atoms with Gasteiger partial charge >= 0.3 is 0 Å². The van der Waals surface area contributed by atoms with Gasteiger partial charge in [-0.25, -0.2) is 0 Å². The molecular weight excluding hydrogens is 294 g/mol. The minimum Gasteiger partial charge on any atom is -0.336 e. The van der Waals surface area contributed by atoms with E-state index in [2.05, 4.69) is 21.0 Å². The fourth-order valence-electron chi connectivity index (χ4n) is 1.95. The minimum absolute atomic E-state index is 0.0934. The molecule has 0 spiro atoms. The van der Waals surface area contributed by atoms with E-state index in [1.807, 2.05) is 38.9 Å². The zero-order chi connectivity index (χ0) is 13.7. The molecule has 102 valence electrons. The maximum atomic E-state index is 12.5. The number of aromatic nitrogens is 2. The van der Waals surface area contributed by atoms with Gasteiger partial charge in [-0.3, -0.25) is 9.48 Å². The molecular formula is C13H22BrN3O. The molecule has 0 unspecified atom stereocenters. The standard InChI is InChI=1S/C13H22BrN3O/c1-5-12-11(9-16(4)15-12)13(18)17(10(2)3)8-6-7-14/h9-10H,5-8H2,1-4H3.